The van der Waals surface area contributed by atoms with E-state index in [-0.39, 0.29) is 11.7 Å². The van der Waals surface area contributed by atoms with Crippen LogP contribution in [0, 0.1) is 5.92 Å². The molecule has 0 aliphatic carbocycles. The van der Waals surface area contributed by atoms with E-state index in [9.17, 15) is 8.42 Å². The van der Waals surface area contributed by atoms with Gasteiger partial charge in [0.2, 0.25) is 10.0 Å². The van der Waals surface area contributed by atoms with Crippen molar-refractivity contribution in [1.29, 1.82) is 0 Å². The Morgan fingerprint density at radius 2 is 1.90 bits per heavy atom. The van der Waals surface area contributed by atoms with Gasteiger partial charge >= 0.3 is 0 Å². The molecule has 2 N–H and O–H groups in total. The number of hydrogen-bond donors (Lipinski definition) is 2. The molecular formula is C15H24N2O3S. The van der Waals surface area contributed by atoms with E-state index in [4.69, 9.17) is 4.74 Å². The van der Waals surface area contributed by atoms with Gasteiger partial charge in [-0.05, 0) is 62.5 Å². The molecule has 1 fully saturated rings. The van der Waals surface area contributed by atoms with Crippen LogP contribution in [0.1, 0.15) is 26.2 Å². The maximum atomic E-state index is 12.2. The van der Waals surface area contributed by atoms with Crippen LogP contribution in [0.2, 0.25) is 0 Å². The summed E-state index contributed by atoms with van der Waals surface area (Å²) in [6.45, 7) is 4.53. The number of ether oxygens (including phenoxy) is 1. The van der Waals surface area contributed by atoms with Crippen LogP contribution in [0.15, 0.2) is 24.3 Å². The van der Waals surface area contributed by atoms with Crippen LogP contribution in [0.5, 0.6) is 5.75 Å². The highest BCUT2D eigenvalue weighted by Gasteiger charge is 2.21. The van der Waals surface area contributed by atoms with Crippen molar-refractivity contribution in [3.8, 4) is 5.75 Å². The molecule has 0 bridgehead atoms. The van der Waals surface area contributed by atoms with Crippen LogP contribution in [-0.4, -0.2) is 33.9 Å². The number of piperidine rings is 1. The van der Waals surface area contributed by atoms with E-state index in [1.54, 1.807) is 24.3 Å². The Bertz CT molecular complexity index is 522. The van der Waals surface area contributed by atoms with E-state index in [1.165, 1.54) is 0 Å². The van der Waals surface area contributed by atoms with E-state index < -0.39 is 10.0 Å². The molecule has 0 radical (unpaired) electrons. The Kier molecular flexibility index (Phi) is 5.87. The van der Waals surface area contributed by atoms with E-state index in [2.05, 4.69) is 10.0 Å². The van der Waals surface area contributed by atoms with Gasteiger partial charge in [0.15, 0.2) is 0 Å². The van der Waals surface area contributed by atoms with E-state index >= 15 is 0 Å². The lowest BCUT2D eigenvalue weighted by atomic mass is 10.0. The van der Waals surface area contributed by atoms with Crippen molar-refractivity contribution >= 4 is 15.7 Å². The third-order valence-corrected chi connectivity index (χ3v) is 4.97. The van der Waals surface area contributed by atoms with Gasteiger partial charge in [-0.1, -0.05) is 6.92 Å². The highest BCUT2D eigenvalue weighted by Crippen LogP contribution is 2.19. The molecule has 0 saturated carbocycles. The van der Waals surface area contributed by atoms with Gasteiger partial charge in [-0.25, -0.2) is 8.42 Å². The predicted molar refractivity (Wildman–Crippen MR) is 85.2 cm³/mol. The average Bonchev–Trinajstić information content (AvgIpc) is 2.47. The molecule has 118 valence electrons. The normalized spacial score (nSPS) is 16.6. The molecule has 0 spiro atoms. The molecule has 1 saturated heterocycles. The molecule has 1 aromatic carbocycles. The van der Waals surface area contributed by atoms with Crippen molar-refractivity contribution in [2.75, 3.05) is 30.2 Å². The molecule has 6 heteroatoms. The summed E-state index contributed by atoms with van der Waals surface area (Å²) in [5.41, 5.74) is 0.591. The molecule has 21 heavy (non-hydrogen) atoms. The predicted octanol–water partition coefficient (Wildman–Crippen LogP) is 2.22. The Balaban J connectivity index is 1.89. The lowest BCUT2D eigenvalue weighted by Crippen LogP contribution is -2.33. The van der Waals surface area contributed by atoms with Crippen LogP contribution in [0.3, 0.4) is 0 Å². The minimum absolute atomic E-state index is 0.197. The van der Waals surface area contributed by atoms with Crippen molar-refractivity contribution < 1.29 is 13.2 Å². The maximum absolute atomic E-state index is 12.2. The van der Waals surface area contributed by atoms with Crippen molar-refractivity contribution in [1.82, 2.24) is 5.32 Å². The fourth-order valence-corrected chi connectivity index (χ4v) is 3.95. The number of rotatable bonds is 7. The topological polar surface area (TPSA) is 67.4 Å². The zero-order valence-corrected chi connectivity index (χ0v) is 13.3. The van der Waals surface area contributed by atoms with Crippen LogP contribution in [0.4, 0.5) is 5.69 Å². The Morgan fingerprint density at radius 1 is 1.24 bits per heavy atom. The van der Waals surface area contributed by atoms with Gasteiger partial charge < -0.3 is 10.1 Å². The molecule has 0 atom stereocenters. The van der Waals surface area contributed by atoms with Crippen molar-refractivity contribution in [2.45, 2.75) is 26.2 Å². The summed E-state index contributed by atoms with van der Waals surface area (Å²) in [5, 5.41) is 3.24. The maximum Gasteiger partial charge on any atom is 0.232 e. The number of benzene rings is 1. The first kappa shape index (κ1) is 16.1. The second-order valence-electron chi connectivity index (χ2n) is 5.45. The van der Waals surface area contributed by atoms with Gasteiger partial charge in [0.1, 0.15) is 5.75 Å². The summed E-state index contributed by atoms with van der Waals surface area (Å²) in [6, 6.07) is 7.06. The van der Waals surface area contributed by atoms with Gasteiger partial charge in [0.25, 0.3) is 0 Å². The van der Waals surface area contributed by atoms with Gasteiger partial charge in [-0.15, -0.1) is 0 Å². The molecule has 0 amide bonds. The quantitative estimate of drug-likeness (QED) is 0.810. The number of sulfonamides is 1. The Labute approximate surface area is 127 Å². The molecule has 1 heterocycles. The summed E-state index contributed by atoms with van der Waals surface area (Å²) in [6.07, 6.45) is 2.79. The largest absolute Gasteiger partial charge is 0.494 e. The van der Waals surface area contributed by atoms with Crippen LogP contribution < -0.4 is 14.8 Å². The fraction of sp³-hybridized carbons (Fsp3) is 0.600. The zero-order valence-electron chi connectivity index (χ0n) is 12.5. The molecule has 1 aliphatic rings. The van der Waals surface area contributed by atoms with E-state index in [0.29, 0.717) is 12.3 Å². The van der Waals surface area contributed by atoms with Gasteiger partial charge in [-0.2, -0.15) is 0 Å². The number of hydrogen-bond acceptors (Lipinski definition) is 4. The summed E-state index contributed by atoms with van der Waals surface area (Å²) < 4.78 is 32.4. The minimum Gasteiger partial charge on any atom is -0.494 e. The zero-order chi connectivity index (χ0) is 15.1. The first-order chi connectivity index (χ1) is 10.1. The standard InChI is InChI=1S/C15H24N2O3S/c1-2-11-20-15-5-3-14(4-6-15)17-21(18,19)12-13-7-9-16-10-8-13/h3-6,13,16-17H,2,7-12H2,1H3. The second kappa shape index (κ2) is 7.66. The highest BCUT2D eigenvalue weighted by molar-refractivity contribution is 7.92. The van der Waals surface area contributed by atoms with Crippen molar-refractivity contribution in [3.63, 3.8) is 0 Å². The molecule has 0 unspecified atom stereocenters. The Hall–Kier alpha value is -1.27. The third-order valence-electron chi connectivity index (χ3n) is 3.51. The fourth-order valence-electron chi connectivity index (χ4n) is 2.42. The molecule has 1 aliphatic heterocycles. The van der Waals surface area contributed by atoms with Gasteiger partial charge in [0, 0.05) is 5.69 Å². The number of anilines is 1. The summed E-state index contributed by atoms with van der Waals surface area (Å²) in [5.74, 6) is 1.21. The highest BCUT2D eigenvalue weighted by atomic mass is 32.2. The van der Waals surface area contributed by atoms with E-state index in [1.807, 2.05) is 6.92 Å². The van der Waals surface area contributed by atoms with Crippen LogP contribution in [0.25, 0.3) is 0 Å². The monoisotopic (exact) mass is 312 g/mol. The molecule has 1 aromatic rings. The third kappa shape index (κ3) is 5.55. The first-order valence-electron chi connectivity index (χ1n) is 7.53. The van der Waals surface area contributed by atoms with Gasteiger partial charge in [0.05, 0.1) is 12.4 Å². The van der Waals surface area contributed by atoms with Crippen molar-refractivity contribution in [2.24, 2.45) is 5.92 Å². The SMILES string of the molecule is CCCOc1ccc(NS(=O)(=O)CC2CCNCC2)cc1. The molecule has 5 nitrogen and oxygen atoms in total. The average molecular weight is 312 g/mol. The minimum atomic E-state index is -3.28. The van der Waals surface area contributed by atoms with Crippen molar-refractivity contribution in [3.05, 3.63) is 24.3 Å². The van der Waals surface area contributed by atoms with Crippen LogP contribution >= 0.6 is 0 Å². The lowest BCUT2D eigenvalue weighted by Gasteiger charge is -2.22. The van der Waals surface area contributed by atoms with Gasteiger partial charge in [-0.3, -0.25) is 4.72 Å². The summed E-state index contributed by atoms with van der Waals surface area (Å²) >= 11 is 0. The first-order valence-corrected chi connectivity index (χ1v) is 9.18. The lowest BCUT2D eigenvalue weighted by molar-refractivity contribution is 0.317. The summed E-state index contributed by atoms with van der Waals surface area (Å²) in [4.78, 5) is 0. The molecule has 2 rings (SSSR count). The Morgan fingerprint density at radius 3 is 2.52 bits per heavy atom. The summed E-state index contributed by atoms with van der Waals surface area (Å²) in [7, 11) is -3.28. The molecule has 0 aromatic heterocycles. The number of nitrogens with one attached hydrogen (secondary N) is 2. The van der Waals surface area contributed by atoms with E-state index in [0.717, 1.165) is 38.1 Å². The van der Waals surface area contributed by atoms with Crippen LogP contribution in [-0.2, 0) is 10.0 Å². The second-order valence-corrected chi connectivity index (χ2v) is 7.22. The smallest absolute Gasteiger partial charge is 0.232 e. The molecular weight excluding hydrogens is 288 g/mol.